The lowest BCUT2D eigenvalue weighted by Crippen LogP contribution is -2.40. The van der Waals surface area contributed by atoms with Crippen molar-refractivity contribution in [1.29, 1.82) is 0 Å². The number of carbonyl (C=O) groups is 1. The molecule has 0 fully saturated rings. The van der Waals surface area contributed by atoms with Crippen molar-refractivity contribution < 1.29 is 4.79 Å². The Hall–Kier alpha value is -1.84. The van der Waals surface area contributed by atoms with Crippen LogP contribution in [0.3, 0.4) is 0 Å². The molecule has 2 rings (SSSR count). The molecule has 0 aliphatic carbocycles. The summed E-state index contributed by atoms with van der Waals surface area (Å²) < 4.78 is 0. The Morgan fingerprint density at radius 3 is 2.44 bits per heavy atom. The van der Waals surface area contributed by atoms with Gasteiger partial charge in [-0.2, -0.15) is 0 Å². The lowest BCUT2D eigenvalue weighted by molar-refractivity contribution is -0.130. The Bertz CT molecular complexity index is 441. The van der Waals surface area contributed by atoms with Crippen molar-refractivity contribution in [2.24, 2.45) is 10.7 Å². The molecule has 0 spiro atoms. The highest BCUT2D eigenvalue weighted by Crippen LogP contribution is 2.35. The molecule has 0 bridgehead atoms. The summed E-state index contributed by atoms with van der Waals surface area (Å²) >= 11 is 0. The largest absolute Gasteiger partial charge is 0.369 e. The van der Waals surface area contributed by atoms with E-state index in [1.54, 1.807) is 7.05 Å². The number of guanidine groups is 1. The summed E-state index contributed by atoms with van der Waals surface area (Å²) in [6.45, 7) is 1.95. The fourth-order valence-electron chi connectivity index (χ4n) is 2.04. The summed E-state index contributed by atoms with van der Waals surface area (Å²) in [6, 6.07) is 9.56. The first-order valence-electron chi connectivity index (χ1n) is 5.31. The Labute approximate surface area is 94.8 Å². The predicted octanol–water partition coefficient (Wildman–Crippen LogP) is 1.08. The molecule has 0 saturated heterocycles. The van der Waals surface area contributed by atoms with Gasteiger partial charge in [0.05, 0.1) is 0 Å². The van der Waals surface area contributed by atoms with E-state index >= 15 is 0 Å². The van der Waals surface area contributed by atoms with Gasteiger partial charge in [0.15, 0.2) is 11.5 Å². The van der Waals surface area contributed by atoms with Crippen LogP contribution in [0.4, 0.5) is 0 Å². The fraction of sp³-hybridized carbons (Fsp3) is 0.333. The molecule has 2 N–H and O–H groups in total. The Balaban J connectivity index is 2.54. The minimum Gasteiger partial charge on any atom is -0.369 e. The molecule has 1 aromatic rings. The van der Waals surface area contributed by atoms with Gasteiger partial charge >= 0.3 is 0 Å². The first kappa shape index (κ1) is 10.7. The molecule has 0 radical (unpaired) electrons. The molecule has 1 aliphatic rings. The lowest BCUT2D eigenvalue weighted by Gasteiger charge is -2.23. The zero-order valence-corrected chi connectivity index (χ0v) is 9.47. The monoisotopic (exact) mass is 217 g/mol. The Kier molecular flexibility index (Phi) is 2.42. The van der Waals surface area contributed by atoms with Gasteiger partial charge in [0.1, 0.15) is 0 Å². The van der Waals surface area contributed by atoms with E-state index in [4.69, 9.17) is 5.73 Å². The molecular formula is C12H15N3O. The second-order valence-electron chi connectivity index (χ2n) is 3.91. The van der Waals surface area contributed by atoms with E-state index in [-0.39, 0.29) is 11.9 Å². The highest BCUT2D eigenvalue weighted by atomic mass is 16.2. The normalized spacial score (nSPS) is 24.8. The Morgan fingerprint density at radius 1 is 1.38 bits per heavy atom. The highest BCUT2D eigenvalue weighted by Gasteiger charge is 2.46. The van der Waals surface area contributed by atoms with Crippen LogP contribution in [0, 0.1) is 0 Å². The number of benzene rings is 1. The number of nitrogens with two attached hydrogens (primary N) is 1. The molecular weight excluding hydrogens is 202 g/mol. The van der Waals surface area contributed by atoms with E-state index < -0.39 is 5.54 Å². The van der Waals surface area contributed by atoms with Crippen molar-refractivity contribution in [3.05, 3.63) is 35.9 Å². The SMILES string of the molecule is CCC1(c2ccccc2)N=C(N)N(C)C1=O. The van der Waals surface area contributed by atoms with E-state index in [1.807, 2.05) is 37.3 Å². The third-order valence-corrected chi connectivity index (χ3v) is 3.07. The number of rotatable bonds is 2. The maximum atomic E-state index is 12.2. The average molecular weight is 217 g/mol. The molecule has 0 aromatic heterocycles. The van der Waals surface area contributed by atoms with Crippen molar-refractivity contribution in [2.45, 2.75) is 18.9 Å². The zero-order chi connectivity index (χ0) is 11.8. The van der Waals surface area contributed by atoms with E-state index in [9.17, 15) is 4.79 Å². The van der Waals surface area contributed by atoms with E-state index in [2.05, 4.69) is 4.99 Å². The fourth-order valence-corrected chi connectivity index (χ4v) is 2.04. The average Bonchev–Trinajstić information content (AvgIpc) is 2.55. The number of hydrogen-bond acceptors (Lipinski definition) is 3. The van der Waals surface area contributed by atoms with Gasteiger partial charge in [-0.3, -0.25) is 9.69 Å². The van der Waals surface area contributed by atoms with Gasteiger partial charge in [-0.15, -0.1) is 0 Å². The topological polar surface area (TPSA) is 58.7 Å². The molecule has 84 valence electrons. The molecule has 1 atom stereocenters. The molecule has 1 heterocycles. The third-order valence-electron chi connectivity index (χ3n) is 3.07. The summed E-state index contributed by atoms with van der Waals surface area (Å²) in [7, 11) is 1.65. The first-order chi connectivity index (χ1) is 7.62. The van der Waals surface area contributed by atoms with Crippen LogP contribution >= 0.6 is 0 Å². The van der Waals surface area contributed by atoms with Gasteiger partial charge in [-0.05, 0) is 12.0 Å². The van der Waals surface area contributed by atoms with Crippen LogP contribution < -0.4 is 5.73 Å². The van der Waals surface area contributed by atoms with Crippen molar-refractivity contribution in [1.82, 2.24) is 4.90 Å². The van der Waals surface area contributed by atoms with Crippen LogP contribution in [0.1, 0.15) is 18.9 Å². The molecule has 1 aliphatic heterocycles. The van der Waals surface area contributed by atoms with Crippen molar-refractivity contribution in [3.63, 3.8) is 0 Å². The molecule has 1 unspecified atom stereocenters. The molecule has 4 heteroatoms. The van der Waals surface area contributed by atoms with Crippen LogP contribution in [0.5, 0.6) is 0 Å². The summed E-state index contributed by atoms with van der Waals surface area (Å²) in [5, 5.41) is 0. The van der Waals surface area contributed by atoms with Crippen LogP contribution in [0.25, 0.3) is 0 Å². The van der Waals surface area contributed by atoms with E-state index in [1.165, 1.54) is 4.90 Å². The van der Waals surface area contributed by atoms with Crippen LogP contribution in [0.2, 0.25) is 0 Å². The number of aliphatic imine (C=N–C) groups is 1. The van der Waals surface area contributed by atoms with Gasteiger partial charge < -0.3 is 5.73 Å². The van der Waals surface area contributed by atoms with Gasteiger partial charge in [-0.25, -0.2) is 4.99 Å². The number of hydrogen-bond donors (Lipinski definition) is 1. The van der Waals surface area contributed by atoms with Crippen LogP contribution in [-0.2, 0) is 10.3 Å². The standard InChI is InChI=1S/C12H15N3O/c1-3-12(9-7-5-4-6-8-9)10(16)15(2)11(13)14-12/h4-8H,3H2,1-2H3,(H2,13,14). The van der Waals surface area contributed by atoms with Crippen molar-refractivity contribution in [2.75, 3.05) is 7.05 Å². The molecule has 16 heavy (non-hydrogen) atoms. The highest BCUT2D eigenvalue weighted by molar-refractivity contribution is 6.06. The van der Waals surface area contributed by atoms with E-state index in [0.29, 0.717) is 6.42 Å². The molecule has 0 saturated carbocycles. The smallest absolute Gasteiger partial charge is 0.261 e. The maximum absolute atomic E-state index is 12.2. The van der Waals surface area contributed by atoms with Crippen LogP contribution in [-0.4, -0.2) is 23.8 Å². The first-order valence-corrected chi connectivity index (χ1v) is 5.31. The quantitative estimate of drug-likeness (QED) is 0.805. The zero-order valence-electron chi connectivity index (χ0n) is 9.47. The number of carbonyl (C=O) groups excluding carboxylic acids is 1. The minimum atomic E-state index is -0.819. The molecule has 1 aromatic carbocycles. The van der Waals surface area contributed by atoms with Gasteiger partial charge in [0.2, 0.25) is 0 Å². The number of nitrogens with zero attached hydrogens (tertiary/aromatic N) is 2. The molecule has 1 amide bonds. The predicted molar refractivity (Wildman–Crippen MR) is 62.8 cm³/mol. The second kappa shape index (κ2) is 3.63. The summed E-state index contributed by atoms with van der Waals surface area (Å²) in [5.41, 5.74) is 5.79. The second-order valence-corrected chi connectivity index (χ2v) is 3.91. The summed E-state index contributed by atoms with van der Waals surface area (Å²) in [6.07, 6.45) is 0.612. The summed E-state index contributed by atoms with van der Waals surface area (Å²) in [4.78, 5) is 18.0. The van der Waals surface area contributed by atoms with E-state index in [0.717, 1.165) is 5.56 Å². The van der Waals surface area contributed by atoms with Gasteiger partial charge in [0.25, 0.3) is 5.91 Å². The summed E-state index contributed by atoms with van der Waals surface area (Å²) in [5.74, 6) is 0.231. The number of likely N-dealkylation sites (N-methyl/N-ethyl adjacent to an activating group) is 1. The van der Waals surface area contributed by atoms with Crippen LogP contribution in [0.15, 0.2) is 35.3 Å². The number of amides is 1. The maximum Gasteiger partial charge on any atom is 0.261 e. The van der Waals surface area contributed by atoms with Crippen molar-refractivity contribution >= 4 is 11.9 Å². The lowest BCUT2D eigenvalue weighted by atomic mass is 9.87. The van der Waals surface area contributed by atoms with Gasteiger partial charge in [0, 0.05) is 7.05 Å². The Morgan fingerprint density at radius 2 is 2.00 bits per heavy atom. The minimum absolute atomic E-state index is 0.0568. The third kappa shape index (κ3) is 1.30. The van der Waals surface area contributed by atoms with Crippen molar-refractivity contribution in [3.8, 4) is 0 Å². The molecule has 4 nitrogen and oxygen atoms in total. The van der Waals surface area contributed by atoms with Gasteiger partial charge in [-0.1, -0.05) is 37.3 Å².